The predicted molar refractivity (Wildman–Crippen MR) is 104 cm³/mol. The maximum Gasteiger partial charge on any atom is 0.328 e. The molecule has 11 nitrogen and oxygen atoms in total. The molecule has 0 bridgehead atoms. The van der Waals surface area contributed by atoms with Crippen molar-refractivity contribution in [2.24, 2.45) is 0 Å². The molecule has 2 aromatic rings. The number of aliphatic carboxylic acids is 1. The number of para-hydroxylation sites is 1. The second-order valence-electron chi connectivity index (χ2n) is 5.88. The molecule has 0 radical (unpaired) electrons. The Kier molecular flexibility index (Phi) is 7.91. The fourth-order valence-corrected chi connectivity index (χ4v) is 2.35. The summed E-state index contributed by atoms with van der Waals surface area (Å²) < 4.78 is 15.8. The van der Waals surface area contributed by atoms with Crippen molar-refractivity contribution in [1.82, 2.24) is 20.6 Å². The average molecular weight is 418 g/mol. The molecule has 0 aliphatic carbocycles. The number of nitrogens with zero attached hydrogens (tertiary/aromatic N) is 2. The minimum Gasteiger partial charge on any atom is -0.481 e. The summed E-state index contributed by atoms with van der Waals surface area (Å²) in [5.41, 5.74) is 0.132. The van der Waals surface area contributed by atoms with Gasteiger partial charge in [0.15, 0.2) is 0 Å². The highest BCUT2D eigenvalue weighted by Gasteiger charge is 2.22. The first-order valence-electron chi connectivity index (χ1n) is 8.92. The third-order valence-corrected chi connectivity index (χ3v) is 3.85. The molecule has 2 amide bonds. The Morgan fingerprint density at radius 2 is 1.73 bits per heavy atom. The van der Waals surface area contributed by atoms with Gasteiger partial charge >= 0.3 is 12.0 Å². The molecule has 0 fully saturated rings. The molecule has 1 aromatic carbocycles. The van der Waals surface area contributed by atoms with Gasteiger partial charge in [0, 0.05) is 0 Å². The molecule has 160 valence electrons. The minimum absolute atomic E-state index is 0.0994. The second-order valence-corrected chi connectivity index (χ2v) is 5.88. The van der Waals surface area contributed by atoms with Crippen LogP contribution in [0.15, 0.2) is 30.3 Å². The van der Waals surface area contributed by atoms with E-state index in [2.05, 4.69) is 20.6 Å². The van der Waals surface area contributed by atoms with E-state index in [9.17, 15) is 14.4 Å². The van der Waals surface area contributed by atoms with Gasteiger partial charge in [0.2, 0.25) is 17.7 Å². The van der Waals surface area contributed by atoms with Crippen molar-refractivity contribution < 1.29 is 33.7 Å². The number of carboxylic acid groups (broad SMARTS) is 1. The number of ether oxygens (including phenoxy) is 3. The summed E-state index contributed by atoms with van der Waals surface area (Å²) in [5.74, 6) is -1.81. The molecular weight excluding hydrogens is 396 g/mol. The van der Waals surface area contributed by atoms with Crippen LogP contribution in [0.5, 0.6) is 23.5 Å². The maximum atomic E-state index is 12.7. The Hall–Kier alpha value is -3.89. The van der Waals surface area contributed by atoms with E-state index in [1.165, 1.54) is 32.4 Å². The van der Waals surface area contributed by atoms with Gasteiger partial charge in [0.05, 0.1) is 25.8 Å². The zero-order valence-corrected chi connectivity index (χ0v) is 16.7. The number of hydrogen-bond donors (Lipinski definition) is 3. The highest BCUT2D eigenvalue weighted by molar-refractivity contribution is 5.99. The Balaban J connectivity index is 2.20. The quantitative estimate of drug-likeness (QED) is 0.513. The number of nitrogens with one attached hydrogen (secondary N) is 2. The first-order valence-corrected chi connectivity index (χ1v) is 8.92. The number of aromatic nitrogens is 2. The van der Waals surface area contributed by atoms with Crippen LogP contribution in [0.4, 0.5) is 0 Å². The number of amides is 2. The Labute approximate surface area is 172 Å². The van der Waals surface area contributed by atoms with Gasteiger partial charge in [-0.15, -0.1) is 0 Å². The van der Waals surface area contributed by atoms with Crippen LogP contribution in [-0.2, 0) is 9.59 Å². The summed E-state index contributed by atoms with van der Waals surface area (Å²) in [6.07, 6.45) is 0.260. The van der Waals surface area contributed by atoms with Crippen LogP contribution in [0.1, 0.15) is 23.7 Å². The first-order chi connectivity index (χ1) is 14.4. The molecule has 0 unspecified atom stereocenters. The number of benzene rings is 1. The van der Waals surface area contributed by atoms with Crippen molar-refractivity contribution in [3.8, 4) is 23.5 Å². The SMILES string of the molecule is CC[C@H](NC(=O)c1ccccc1Oc1nc(OC)cc(OC)n1)C(=O)NCC(=O)O. The lowest BCUT2D eigenvalue weighted by atomic mass is 10.1. The molecular formula is C19H22N4O7. The van der Waals surface area contributed by atoms with Gasteiger partial charge < -0.3 is 30.0 Å². The van der Waals surface area contributed by atoms with Gasteiger partial charge in [0.1, 0.15) is 18.3 Å². The Morgan fingerprint density at radius 1 is 1.10 bits per heavy atom. The van der Waals surface area contributed by atoms with E-state index < -0.39 is 30.4 Å². The van der Waals surface area contributed by atoms with E-state index in [0.717, 1.165) is 0 Å². The number of carbonyl (C=O) groups is 3. The van der Waals surface area contributed by atoms with E-state index in [-0.39, 0.29) is 35.5 Å². The van der Waals surface area contributed by atoms with Gasteiger partial charge in [0.25, 0.3) is 5.91 Å². The first kappa shape index (κ1) is 22.4. The molecule has 1 heterocycles. The second kappa shape index (κ2) is 10.6. The molecule has 0 spiro atoms. The largest absolute Gasteiger partial charge is 0.481 e. The molecule has 0 aliphatic rings. The summed E-state index contributed by atoms with van der Waals surface area (Å²) in [4.78, 5) is 43.6. The fourth-order valence-electron chi connectivity index (χ4n) is 2.35. The number of methoxy groups -OCH3 is 2. The smallest absolute Gasteiger partial charge is 0.328 e. The zero-order chi connectivity index (χ0) is 22.1. The molecule has 11 heteroatoms. The third-order valence-electron chi connectivity index (χ3n) is 3.85. The number of carbonyl (C=O) groups excluding carboxylic acids is 2. The van der Waals surface area contributed by atoms with Crippen molar-refractivity contribution in [2.75, 3.05) is 20.8 Å². The summed E-state index contributed by atoms with van der Waals surface area (Å²) >= 11 is 0. The number of hydrogen-bond acceptors (Lipinski definition) is 8. The Bertz CT molecular complexity index is 897. The van der Waals surface area contributed by atoms with Gasteiger partial charge in [-0.1, -0.05) is 19.1 Å². The molecule has 3 N–H and O–H groups in total. The van der Waals surface area contributed by atoms with Crippen molar-refractivity contribution >= 4 is 17.8 Å². The van der Waals surface area contributed by atoms with Gasteiger partial charge in [-0.3, -0.25) is 14.4 Å². The predicted octanol–water partition coefficient (Wildman–Crippen LogP) is 0.995. The normalized spacial score (nSPS) is 11.2. The lowest BCUT2D eigenvalue weighted by Crippen LogP contribution is -2.47. The van der Waals surface area contributed by atoms with E-state index in [0.29, 0.717) is 0 Å². The fraction of sp³-hybridized carbons (Fsp3) is 0.316. The molecule has 0 aliphatic heterocycles. The lowest BCUT2D eigenvalue weighted by Gasteiger charge is -2.17. The van der Waals surface area contributed by atoms with Crippen LogP contribution in [0.25, 0.3) is 0 Å². The zero-order valence-electron chi connectivity index (χ0n) is 16.7. The van der Waals surface area contributed by atoms with Crippen molar-refractivity contribution in [3.63, 3.8) is 0 Å². The minimum atomic E-state index is -1.18. The Morgan fingerprint density at radius 3 is 2.30 bits per heavy atom. The molecule has 1 atom stereocenters. The molecule has 0 saturated carbocycles. The van der Waals surface area contributed by atoms with Crippen molar-refractivity contribution in [1.29, 1.82) is 0 Å². The van der Waals surface area contributed by atoms with E-state index in [1.54, 1.807) is 19.1 Å². The van der Waals surface area contributed by atoms with Crippen LogP contribution in [0.3, 0.4) is 0 Å². The summed E-state index contributed by atoms with van der Waals surface area (Å²) in [6.45, 7) is 1.14. The highest BCUT2D eigenvalue weighted by atomic mass is 16.5. The number of rotatable bonds is 10. The third kappa shape index (κ3) is 6.06. The van der Waals surface area contributed by atoms with E-state index >= 15 is 0 Å². The van der Waals surface area contributed by atoms with Crippen LogP contribution < -0.4 is 24.8 Å². The summed E-state index contributed by atoms with van der Waals surface area (Å²) in [5, 5.41) is 13.5. The standard InChI is InChI=1S/C19H22N4O7/c1-4-12(18(27)20-10-16(24)25)21-17(26)11-7-5-6-8-13(11)30-19-22-14(28-2)9-15(23-19)29-3/h5-9,12H,4,10H2,1-3H3,(H,20,27)(H,21,26)(H,24,25)/t12-/m0/s1. The van der Waals surface area contributed by atoms with Crippen molar-refractivity contribution in [2.45, 2.75) is 19.4 Å². The van der Waals surface area contributed by atoms with E-state index in [4.69, 9.17) is 19.3 Å². The lowest BCUT2D eigenvalue weighted by molar-refractivity contribution is -0.138. The monoisotopic (exact) mass is 418 g/mol. The highest BCUT2D eigenvalue weighted by Crippen LogP contribution is 2.26. The topological polar surface area (TPSA) is 149 Å². The average Bonchev–Trinajstić information content (AvgIpc) is 2.75. The molecule has 1 aromatic heterocycles. The molecule has 30 heavy (non-hydrogen) atoms. The van der Waals surface area contributed by atoms with Crippen LogP contribution in [-0.4, -0.2) is 59.7 Å². The van der Waals surface area contributed by atoms with Crippen LogP contribution in [0.2, 0.25) is 0 Å². The van der Waals surface area contributed by atoms with Gasteiger partial charge in [-0.25, -0.2) is 0 Å². The maximum absolute atomic E-state index is 12.7. The van der Waals surface area contributed by atoms with Crippen LogP contribution in [0, 0.1) is 0 Å². The summed E-state index contributed by atoms with van der Waals surface area (Å²) in [6, 6.07) is 6.77. The van der Waals surface area contributed by atoms with Crippen molar-refractivity contribution in [3.05, 3.63) is 35.9 Å². The van der Waals surface area contributed by atoms with Gasteiger partial charge in [-0.05, 0) is 18.6 Å². The molecule has 2 rings (SSSR count). The van der Waals surface area contributed by atoms with Crippen LogP contribution >= 0.6 is 0 Å². The van der Waals surface area contributed by atoms with E-state index in [1.807, 2.05) is 0 Å². The summed E-state index contributed by atoms with van der Waals surface area (Å²) in [7, 11) is 2.85. The number of carboxylic acids is 1. The molecule has 0 saturated heterocycles. The van der Waals surface area contributed by atoms with Gasteiger partial charge in [-0.2, -0.15) is 9.97 Å².